The maximum absolute atomic E-state index is 12.5. The van der Waals surface area contributed by atoms with Gasteiger partial charge >= 0.3 is 5.97 Å². The molecule has 9 nitrogen and oxygen atoms in total. The van der Waals surface area contributed by atoms with Gasteiger partial charge in [0.05, 0.1) is 23.8 Å². The molecule has 4 rings (SSSR count). The van der Waals surface area contributed by atoms with Gasteiger partial charge in [-0.05, 0) is 49.4 Å². The lowest BCUT2D eigenvalue weighted by Crippen LogP contribution is -2.37. The molecule has 2 amide bonds. The summed E-state index contributed by atoms with van der Waals surface area (Å²) >= 11 is 0. The van der Waals surface area contributed by atoms with Gasteiger partial charge in [-0.25, -0.2) is 8.42 Å². The Hall–Kier alpha value is -3.01. The molecule has 0 bridgehead atoms. The number of anilines is 1. The average Bonchev–Trinajstić information content (AvgIpc) is 3.01. The van der Waals surface area contributed by atoms with Gasteiger partial charge in [0.2, 0.25) is 21.8 Å². The number of allylic oxidation sites excluding steroid dienone is 2. The SMILES string of the molecule is CS(=O)(=O)N1CCCc2cc(C(=O)COC(=O)CN3C(=O)C4CC=CCC4C3=O)ccc21. The number of ketones is 1. The molecule has 3 aliphatic rings. The van der Waals surface area contributed by atoms with E-state index in [1.807, 2.05) is 12.2 Å². The number of carbonyl (C=O) groups is 4. The van der Waals surface area contributed by atoms with Crippen molar-refractivity contribution in [2.45, 2.75) is 25.7 Å². The zero-order chi connectivity index (χ0) is 23.0. The molecule has 2 heterocycles. The number of carbonyl (C=O) groups excluding carboxylic acids is 4. The van der Waals surface area contributed by atoms with E-state index in [1.165, 1.54) is 10.4 Å². The van der Waals surface area contributed by atoms with Crippen LogP contribution in [0.1, 0.15) is 35.2 Å². The average molecular weight is 461 g/mol. The van der Waals surface area contributed by atoms with Crippen LogP contribution in [-0.4, -0.2) is 62.8 Å². The number of rotatable bonds is 6. The normalized spacial score (nSPS) is 22.5. The fourth-order valence-corrected chi connectivity index (χ4v) is 5.51. The molecule has 0 aromatic heterocycles. The van der Waals surface area contributed by atoms with E-state index in [4.69, 9.17) is 4.74 Å². The molecule has 2 atom stereocenters. The predicted molar refractivity (Wildman–Crippen MR) is 114 cm³/mol. The molecule has 1 aliphatic carbocycles. The van der Waals surface area contributed by atoms with Gasteiger partial charge in [-0.1, -0.05) is 12.2 Å². The Morgan fingerprint density at radius 2 is 1.75 bits per heavy atom. The maximum Gasteiger partial charge on any atom is 0.326 e. The van der Waals surface area contributed by atoms with E-state index in [0.29, 0.717) is 43.5 Å². The second-order valence-corrected chi connectivity index (χ2v) is 10.2. The van der Waals surface area contributed by atoms with Gasteiger partial charge in [0.15, 0.2) is 12.4 Å². The maximum atomic E-state index is 12.5. The van der Waals surface area contributed by atoms with Crippen LogP contribution >= 0.6 is 0 Å². The second-order valence-electron chi connectivity index (χ2n) is 8.28. The van der Waals surface area contributed by atoms with Crippen LogP contribution in [0.15, 0.2) is 30.4 Å². The highest BCUT2D eigenvalue weighted by Gasteiger charge is 2.47. The topological polar surface area (TPSA) is 118 Å². The Kier molecular flexibility index (Phi) is 5.89. The summed E-state index contributed by atoms with van der Waals surface area (Å²) in [5, 5.41) is 0. The van der Waals surface area contributed by atoms with E-state index < -0.39 is 46.8 Å². The van der Waals surface area contributed by atoms with Crippen molar-refractivity contribution < 1.29 is 32.3 Å². The first-order chi connectivity index (χ1) is 15.2. The highest BCUT2D eigenvalue weighted by atomic mass is 32.2. The summed E-state index contributed by atoms with van der Waals surface area (Å²) in [6, 6.07) is 4.71. The van der Waals surface area contributed by atoms with E-state index in [0.717, 1.165) is 16.7 Å². The third kappa shape index (κ3) is 4.19. The first-order valence-corrected chi connectivity index (χ1v) is 12.3. The number of hydrogen-bond acceptors (Lipinski definition) is 7. The summed E-state index contributed by atoms with van der Waals surface area (Å²) in [6.07, 6.45) is 7.10. The number of nitrogens with zero attached hydrogens (tertiary/aromatic N) is 2. The number of ether oxygens (including phenoxy) is 1. The number of aryl methyl sites for hydroxylation is 1. The van der Waals surface area contributed by atoms with Gasteiger partial charge < -0.3 is 4.74 Å². The zero-order valence-electron chi connectivity index (χ0n) is 17.7. The van der Waals surface area contributed by atoms with Crippen molar-refractivity contribution in [3.63, 3.8) is 0 Å². The third-order valence-electron chi connectivity index (χ3n) is 6.13. The summed E-state index contributed by atoms with van der Waals surface area (Å²) in [6.45, 7) is -0.647. The van der Waals surface area contributed by atoms with Crippen molar-refractivity contribution in [3.05, 3.63) is 41.5 Å². The van der Waals surface area contributed by atoms with Gasteiger partial charge in [0.1, 0.15) is 6.54 Å². The van der Waals surface area contributed by atoms with E-state index in [1.54, 1.807) is 12.1 Å². The number of imide groups is 1. The van der Waals surface area contributed by atoms with E-state index in [9.17, 15) is 27.6 Å². The molecule has 10 heteroatoms. The lowest BCUT2D eigenvalue weighted by atomic mass is 9.85. The molecule has 1 saturated heterocycles. The Morgan fingerprint density at radius 3 is 2.38 bits per heavy atom. The summed E-state index contributed by atoms with van der Waals surface area (Å²) in [5.41, 5.74) is 1.59. The third-order valence-corrected chi connectivity index (χ3v) is 7.31. The number of amides is 2. The first-order valence-electron chi connectivity index (χ1n) is 10.5. The summed E-state index contributed by atoms with van der Waals surface area (Å²) < 4.78 is 30.3. The number of fused-ring (bicyclic) bond motifs is 2. The quantitative estimate of drug-likeness (QED) is 0.270. The van der Waals surface area contributed by atoms with Crippen LogP contribution in [0.3, 0.4) is 0 Å². The first kappa shape index (κ1) is 22.2. The van der Waals surface area contributed by atoms with Gasteiger partial charge in [-0.2, -0.15) is 0 Å². The fourth-order valence-electron chi connectivity index (χ4n) is 4.51. The van der Waals surface area contributed by atoms with Crippen LogP contribution in [0.5, 0.6) is 0 Å². The van der Waals surface area contributed by atoms with Crippen molar-refractivity contribution in [1.82, 2.24) is 4.90 Å². The summed E-state index contributed by atoms with van der Waals surface area (Å²) in [4.78, 5) is 50.5. The molecule has 0 N–H and O–H groups in total. The molecular weight excluding hydrogens is 436 g/mol. The van der Waals surface area contributed by atoms with Crippen LogP contribution in [-0.2, 0) is 35.6 Å². The molecule has 1 aromatic carbocycles. The number of esters is 1. The van der Waals surface area contributed by atoms with E-state index in [-0.39, 0.29) is 11.8 Å². The minimum absolute atomic E-state index is 0.303. The summed E-state index contributed by atoms with van der Waals surface area (Å²) in [7, 11) is -3.41. The van der Waals surface area contributed by atoms with Crippen LogP contribution in [0.25, 0.3) is 0 Å². The molecule has 170 valence electrons. The minimum Gasteiger partial charge on any atom is -0.456 e. The van der Waals surface area contributed by atoms with Crippen molar-refractivity contribution in [3.8, 4) is 0 Å². The van der Waals surface area contributed by atoms with Crippen molar-refractivity contribution >= 4 is 39.3 Å². The summed E-state index contributed by atoms with van der Waals surface area (Å²) in [5.74, 6) is -2.88. The molecule has 1 fully saturated rings. The smallest absolute Gasteiger partial charge is 0.326 e. The van der Waals surface area contributed by atoms with Crippen molar-refractivity contribution in [2.24, 2.45) is 11.8 Å². The Morgan fingerprint density at radius 1 is 1.09 bits per heavy atom. The second kappa shape index (κ2) is 8.50. The van der Waals surface area contributed by atoms with Gasteiger partial charge in [0.25, 0.3) is 0 Å². The lowest BCUT2D eigenvalue weighted by Gasteiger charge is -2.29. The predicted octanol–water partition coefficient (Wildman–Crippen LogP) is 1.08. The number of sulfonamides is 1. The number of benzene rings is 1. The lowest BCUT2D eigenvalue weighted by molar-refractivity contribution is -0.152. The van der Waals surface area contributed by atoms with E-state index in [2.05, 4.69) is 0 Å². The van der Waals surface area contributed by atoms with Crippen LogP contribution < -0.4 is 4.31 Å². The number of Topliss-reactive ketones (excluding diaryl/α,β-unsaturated/α-hetero) is 1. The highest BCUT2D eigenvalue weighted by Crippen LogP contribution is 2.35. The molecule has 2 unspecified atom stereocenters. The molecule has 32 heavy (non-hydrogen) atoms. The van der Waals surface area contributed by atoms with Gasteiger partial charge in [-0.15, -0.1) is 0 Å². The molecule has 0 radical (unpaired) electrons. The molecule has 2 aliphatic heterocycles. The highest BCUT2D eigenvalue weighted by molar-refractivity contribution is 7.92. The Bertz CT molecular complexity index is 1100. The Labute approximate surface area is 186 Å². The molecule has 0 spiro atoms. The van der Waals surface area contributed by atoms with Crippen LogP contribution in [0.4, 0.5) is 5.69 Å². The van der Waals surface area contributed by atoms with Crippen molar-refractivity contribution in [1.29, 1.82) is 0 Å². The van der Waals surface area contributed by atoms with Gasteiger partial charge in [-0.3, -0.25) is 28.4 Å². The standard InChI is InChI=1S/C22H24N2O7S/c1-32(29,30)24-10-4-5-14-11-15(8-9-18(14)24)19(25)13-31-20(26)12-23-21(27)16-6-2-3-7-17(16)22(23)28/h2-3,8-9,11,16-17H,4-7,10,12-13H2,1H3. The monoisotopic (exact) mass is 460 g/mol. The number of likely N-dealkylation sites (tertiary alicyclic amines) is 1. The van der Waals surface area contributed by atoms with Crippen LogP contribution in [0.2, 0.25) is 0 Å². The van der Waals surface area contributed by atoms with Gasteiger partial charge in [0, 0.05) is 12.1 Å². The van der Waals surface area contributed by atoms with Crippen LogP contribution in [0, 0.1) is 11.8 Å². The Balaban J connectivity index is 1.36. The molecule has 0 saturated carbocycles. The largest absolute Gasteiger partial charge is 0.456 e. The minimum atomic E-state index is -3.41. The van der Waals surface area contributed by atoms with E-state index >= 15 is 0 Å². The fraction of sp³-hybridized carbons (Fsp3) is 0.455. The zero-order valence-corrected chi connectivity index (χ0v) is 18.5. The molecule has 1 aromatic rings. The molecular formula is C22H24N2O7S. The number of hydrogen-bond donors (Lipinski definition) is 0. The van der Waals surface area contributed by atoms with Crippen molar-refractivity contribution in [2.75, 3.05) is 30.3 Å².